The third-order valence-corrected chi connectivity index (χ3v) is 7.67. The fourth-order valence-electron chi connectivity index (χ4n) is 6.88. The summed E-state index contributed by atoms with van der Waals surface area (Å²) in [4.78, 5) is 44.6. The van der Waals surface area contributed by atoms with Gasteiger partial charge in [-0.1, -0.05) is 26.8 Å². The SMILES string of the molecule is C=CCN(C(=O)C1N(CCCCO)C(=O)[C@@H]2[C@@H](C(=O)OCC)[C@H]3CCC12O3)C(C)(C)CC(C)(C)C. The molecule has 3 heterocycles. The zero-order chi connectivity index (χ0) is 26.2. The van der Waals surface area contributed by atoms with E-state index < -0.39 is 41.1 Å². The largest absolute Gasteiger partial charge is 0.466 e. The smallest absolute Gasteiger partial charge is 0.312 e. The summed E-state index contributed by atoms with van der Waals surface area (Å²) in [5.74, 6) is -2.21. The van der Waals surface area contributed by atoms with E-state index in [4.69, 9.17) is 9.47 Å². The van der Waals surface area contributed by atoms with Crippen molar-refractivity contribution >= 4 is 17.8 Å². The van der Waals surface area contributed by atoms with Crippen LogP contribution in [-0.2, 0) is 23.9 Å². The molecule has 0 aliphatic carbocycles. The van der Waals surface area contributed by atoms with E-state index in [-0.39, 0.29) is 30.4 Å². The van der Waals surface area contributed by atoms with E-state index in [1.165, 1.54) is 0 Å². The molecule has 198 valence electrons. The molecule has 1 spiro atoms. The van der Waals surface area contributed by atoms with Crippen LogP contribution < -0.4 is 0 Å². The first kappa shape index (κ1) is 27.7. The molecule has 0 aromatic rings. The van der Waals surface area contributed by atoms with Crippen LogP contribution in [0.5, 0.6) is 0 Å². The summed E-state index contributed by atoms with van der Waals surface area (Å²) in [7, 11) is 0. The Labute approximate surface area is 210 Å². The summed E-state index contributed by atoms with van der Waals surface area (Å²) in [5, 5.41) is 9.32. The molecule has 2 amide bonds. The first-order chi connectivity index (χ1) is 16.3. The van der Waals surface area contributed by atoms with Gasteiger partial charge in [0.25, 0.3) is 0 Å². The van der Waals surface area contributed by atoms with Gasteiger partial charge in [-0.2, -0.15) is 0 Å². The molecule has 8 nitrogen and oxygen atoms in total. The Hall–Kier alpha value is -1.93. The van der Waals surface area contributed by atoms with Crippen molar-refractivity contribution in [3.63, 3.8) is 0 Å². The molecule has 3 aliphatic rings. The monoisotopic (exact) mass is 492 g/mol. The number of amides is 2. The summed E-state index contributed by atoms with van der Waals surface area (Å²) in [6.45, 7) is 17.1. The first-order valence-corrected chi connectivity index (χ1v) is 13.0. The highest BCUT2D eigenvalue weighted by molar-refractivity contribution is 5.98. The quantitative estimate of drug-likeness (QED) is 0.271. The number of hydrogen-bond acceptors (Lipinski definition) is 6. The minimum Gasteiger partial charge on any atom is -0.466 e. The summed E-state index contributed by atoms with van der Waals surface area (Å²) in [6.07, 6.45) is 4.34. The predicted molar refractivity (Wildman–Crippen MR) is 132 cm³/mol. The molecule has 0 saturated carbocycles. The lowest BCUT2D eigenvalue weighted by Gasteiger charge is -2.45. The molecule has 8 heteroatoms. The first-order valence-electron chi connectivity index (χ1n) is 13.0. The van der Waals surface area contributed by atoms with Crippen LogP contribution in [0, 0.1) is 17.3 Å². The number of fused-ring (bicyclic) bond motifs is 1. The number of nitrogens with zero attached hydrogens (tertiary/aromatic N) is 2. The number of esters is 1. The minimum absolute atomic E-state index is 0.0143. The normalized spacial score (nSPS) is 29.9. The van der Waals surface area contributed by atoms with E-state index in [0.717, 1.165) is 6.42 Å². The fraction of sp³-hybridized carbons (Fsp3) is 0.815. The van der Waals surface area contributed by atoms with Crippen molar-refractivity contribution in [3.8, 4) is 0 Å². The molecule has 3 rings (SSSR count). The summed E-state index contributed by atoms with van der Waals surface area (Å²) in [5.41, 5.74) is -1.55. The van der Waals surface area contributed by atoms with Crippen LogP contribution in [0.15, 0.2) is 12.7 Å². The van der Waals surface area contributed by atoms with E-state index in [2.05, 4.69) is 41.2 Å². The van der Waals surface area contributed by atoms with Gasteiger partial charge in [0.2, 0.25) is 11.8 Å². The number of rotatable bonds is 11. The maximum absolute atomic E-state index is 14.4. The highest BCUT2D eigenvalue weighted by atomic mass is 16.6. The molecular weight excluding hydrogens is 448 g/mol. The number of aliphatic hydroxyl groups is 1. The van der Waals surface area contributed by atoms with Crippen LogP contribution in [0.25, 0.3) is 0 Å². The maximum Gasteiger partial charge on any atom is 0.312 e. The molecule has 3 fully saturated rings. The Balaban J connectivity index is 2.04. The van der Waals surface area contributed by atoms with Crippen LogP contribution in [-0.4, -0.2) is 82.3 Å². The summed E-state index contributed by atoms with van der Waals surface area (Å²) in [6, 6.07) is -0.817. The predicted octanol–water partition coefficient (Wildman–Crippen LogP) is 2.93. The Morgan fingerprint density at radius 2 is 1.97 bits per heavy atom. The Bertz CT molecular complexity index is 834. The summed E-state index contributed by atoms with van der Waals surface area (Å²) < 4.78 is 11.8. The highest BCUT2D eigenvalue weighted by Crippen LogP contribution is 2.59. The van der Waals surface area contributed by atoms with Crippen LogP contribution in [0.3, 0.4) is 0 Å². The van der Waals surface area contributed by atoms with Gasteiger partial charge in [-0.3, -0.25) is 14.4 Å². The molecular formula is C27H44N2O6. The second-order valence-corrected chi connectivity index (χ2v) is 12.1. The number of carbonyl (C=O) groups excluding carboxylic acids is 3. The minimum atomic E-state index is -1.04. The second-order valence-electron chi connectivity index (χ2n) is 12.1. The third kappa shape index (κ3) is 5.01. The molecule has 1 N–H and O–H groups in total. The lowest BCUT2D eigenvalue weighted by Crippen LogP contribution is -2.61. The number of aliphatic hydroxyl groups excluding tert-OH is 1. The van der Waals surface area contributed by atoms with Gasteiger partial charge in [-0.05, 0) is 58.3 Å². The Morgan fingerprint density at radius 1 is 1.29 bits per heavy atom. The Kier molecular flexibility index (Phi) is 8.07. The number of unbranched alkanes of at least 4 members (excludes halogenated alkanes) is 1. The average molecular weight is 493 g/mol. The standard InChI is InChI=1S/C27H44N2O6/c1-8-14-29(26(6,7)17-25(3,4)5)23(32)21-27-13-12-18(35-27)19(24(33)34-9-2)20(27)22(31)28(21)15-10-11-16-30/h8,18-21,30H,1,9-17H2,2-7H3/t18-,19+,20+,21?,27?/m1/s1. The van der Waals surface area contributed by atoms with Crippen LogP contribution in [0.4, 0.5) is 0 Å². The molecule has 5 atom stereocenters. The van der Waals surface area contributed by atoms with Crippen LogP contribution in [0.2, 0.25) is 0 Å². The van der Waals surface area contributed by atoms with Crippen molar-refractivity contribution in [1.82, 2.24) is 9.80 Å². The van der Waals surface area contributed by atoms with Crippen molar-refractivity contribution in [3.05, 3.63) is 12.7 Å². The second kappa shape index (κ2) is 10.2. The van der Waals surface area contributed by atoms with Gasteiger partial charge >= 0.3 is 5.97 Å². The van der Waals surface area contributed by atoms with Crippen LogP contribution >= 0.6 is 0 Å². The van der Waals surface area contributed by atoms with Gasteiger partial charge in [-0.25, -0.2) is 0 Å². The van der Waals surface area contributed by atoms with E-state index in [1.54, 1.807) is 17.9 Å². The topological polar surface area (TPSA) is 96.4 Å². The van der Waals surface area contributed by atoms with E-state index in [0.29, 0.717) is 38.8 Å². The maximum atomic E-state index is 14.4. The lowest BCUT2D eigenvalue weighted by atomic mass is 9.70. The molecule has 2 unspecified atom stereocenters. The van der Waals surface area contributed by atoms with Gasteiger partial charge < -0.3 is 24.4 Å². The molecule has 35 heavy (non-hydrogen) atoms. The molecule has 2 bridgehead atoms. The number of hydrogen-bond donors (Lipinski definition) is 1. The molecule has 0 radical (unpaired) electrons. The van der Waals surface area contributed by atoms with Crippen molar-refractivity contribution < 1.29 is 29.0 Å². The third-order valence-electron chi connectivity index (χ3n) is 7.67. The number of ether oxygens (including phenoxy) is 2. The van der Waals surface area contributed by atoms with Gasteiger partial charge in [0.15, 0.2) is 0 Å². The van der Waals surface area contributed by atoms with Crippen molar-refractivity contribution in [2.75, 3.05) is 26.3 Å². The van der Waals surface area contributed by atoms with Crippen molar-refractivity contribution in [2.24, 2.45) is 17.3 Å². The van der Waals surface area contributed by atoms with Gasteiger partial charge in [0.1, 0.15) is 11.6 Å². The molecule has 3 saturated heterocycles. The highest BCUT2D eigenvalue weighted by Gasteiger charge is 2.75. The average Bonchev–Trinajstić information content (AvgIpc) is 3.38. The van der Waals surface area contributed by atoms with Gasteiger partial charge in [-0.15, -0.1) is 6.58 Å². The van der Waals surface area contributed by atoms with E-state index in [9.17, 15) is 19.5 Å². The molecule has 3 aliphatic heterocycles. The van der Waals surface area contributed by atoms with Crippen molar-refractivity contribution in [1.29, 1.82) is 0 Å². The zero-order valence-corrected chi connectivity index (χ0v) is 22.3. The van der Waals surface area contributed by atoms with E-state index in [1.807, 2.05) is 4.90 Å². The summed E-state index contributed by atoms with van der Waals surface area (Å²) >= 11 is 0. The lowest BCUT2D eigenvalue weighted by molar-refractivity contribution is -0.155. The zero-order valence-electron chi connectivity index (χ0n) is 22.3. The molecule has 0 aromatic carbocycles. The van der Waals surface area contributed by atoms with Crippen LogP contribution in [0.1, 0.15) is 73.6 Å². The van der Waals surface area contributed by atoms with Gasteiger partial charge in [0.05, 0.1) is 24.5 Å². The van der Waals surface area contributed by atoms with E-state index >= 15 is 0 Å². The fourth-order valence-corrected chi connectivity index (χ4v) is 6.88. The number of carbonyl (C=O) groups is 3. The van der Waals surface area contributed by atoms with Gasteiger partial charge in [0, 0.05) is 25.2 Å². The number of likely N-dealkylation sites (tertiary alicyclic amines) is 1. The molecule has 0 aromatic heterocycles. The Morgan fingerprint density at radius 3 is 2.54 bits per heavy atom. The van der Waals surface area contributed by atoms with Crippen molar-refractivity contribution in [2.45, 2.75) is 96.9 Å².